The molecule has 1 aliphatic carbocycles. The summed E-state index contributed by atoms with van der Waals surface area (Å²) in [7, 11) is 0. The van der Waals surface area contributed by atoms with E-state index in [1.165, 1.54) is 38.9 Å². The molecule has 0 N–H and O–H groups in total. The van der Waals surface area contributed by atoms with Gasteiger partial charge in [-0.25, -0.2) is 0 Å². The summed E-state index contributed by atoms with van der Waals surface area (Å²) in [6.07, 6.45) is 1.89. The molecule has 0 saturated carbocycles. The van der Waals surface area contributed by atoms with Gasteiger partial charge in [-0.05, 0) is 52.9 Å². The molecule has 0 atom stereocenters. The fourth-order valence-corrected chi connectivity index (χ4v) is 14.1. The summed E-state index contributed by atoms with van der Waals surface area (Å²) in [5, 5.41) is 2.16. The molecule has 0 saturated heterocycles. The van der Waals surface area contributed by atoms with Crippen LogP contribution in [0.2, 0.25) is 0 Å². The molecule has 1 spiro atoms. The zero-order chi connectivity index (χ0) is 56.5. The van der Waals surface area contributed by atoms with Gasteiger partial charge in [0.25, 0.3) is 0 Å². The standard InChI is InChI=1S/C76H58N4O2.Pt/c1-48-37-38-77-72(39-48)80-68-44-55(35-36-59(68)61-45-60-58-25-11-12-28-62(58)76(65(60)46-69(61)80)63-29-13-17-33-70(63)82-71-34-18-14-30-64(71)76)81-54-24-19-23-53(43-54)78-47-79(67-32-16-15-31-66(67)78)73-56(49-21-9-8-10-22-49)26-20-27-57(73)50-40-51(74(2,3)4)42-52(41-50)75(5,6)7;/h8-42,45-46H,1-7H3;/q-2;. The predicted molar refractivity (Wildman–Crippen MR) is 333 cm³/mol. The number of ether oxygens (including phenoxy) is 2. The summed E-state index contributed by atoms with van der Waals surface area (Å²) in [6.45, 7) is 16.0. The number of nitrogens with zero attached hydrogens (tertiary/aromatic N) is 4. The van der Waals surface area contributed by atoms with Crippen LogP contribution in [0.25, 0.3) is 83.4 Å². The van der Waals surface area contributed by atoms with E-state index in [1.807, 2.05) is 24.4 Å². The Labute approximate surface area is 494 Å². The number of rotatable bonds is 7. The Balaban J connectivity index is 0.891. The topological polar surface area (TPSA) is 46.1 Å². The predicted octanol–water partition coefficient (Wildman–Crippen LogP) is 19.1. The van der Waals surface area contributed by atoms with Crippen LogP contribution in [0.15, 0.2) is 225 Å². The van der Waals surface area contributed by atoms with Crippen LogP contribution in [0.5, 0.6) is 23.0 Å². The molecule has 83 heavy (non-hydrogen) atoms. The van der Waals surface area contributed by atoms with Crippen molar-refractivity contribution in [3.63, 3.8) is 0 Å². The van der Waals surface area contributed by atoms with E-state index >= 15 is 0 Å². The van der Waals surface area contributed by atoms with E-state index < -0.39 is 5.41 Å². The van der Waals surface area contributed by atoms with Gasteiger partial charge in [0.05, 0.1) is 5.41 Å². The zero-order valence-electron chi connectivity index (χ0n) is 47.3. The molecule has 0 amide bonds. The van der Waals surface area contributed by atoms with E-state index in [2.05, 4.69) is 294 Å². The second kappa shape index (κ2) is 19.0. The first-order valence-corrected chi connectivity index (χ1v) is 29.6. The first kappa shape index (κ1) is 50.8. The van der Waals surface area contributed by atoms with Crippen LogP contribution in [0.3, 0.4) is 0 Å². The maximum absolute atomic E-state index is 6.95. The average molecular weight is 1250 g/mol. The number of pyridine rings is 1. The molecule has 4 heterocycles. The van der Waals surface area contributed by atoms with Crippen molar-refractivity contribution >= 4 is 32.8 Å². The fraction of sp³-hybridized carbons (Fsp3) is 0.132. The van der Waals surface area contributed by atoms with Crippen molar-refractivity contribution in [2.45, 2.75) is 64.7 Å². The van der Waals surface area contributed by atoms with Crippen LogP contribution >= 0.6 is 0 Å². The molecule has 7 heteroatoms. The number of aryl methyl sites for hydroxylation is 1. The first-order valence-electron chi connectivity index (χ1n) is 28.4. The monoisotopic (exact) mass is 1250 g/mol. The Bertz CT molecular complexity index is 4790. The van der Waals surface area contributed by atoms with Crippen molar-refractivity contribution in [3.8, 4) is 73.6 Å². The molecule has 2 aliphatic rings. The molecule has 0 bridgehead atoms. The Hall–Kier alpha value is -9.09. The first-order chi connectivity index (χ1) is 40.2. The Morgan fingerprint density at radius 3 is 1.77 bits per heavy atom. The molecule has 6 nitrogen and oxygen atoms in total. The van der Waals surface area contributed by atoms with Gasteiger partial charge in [-0.2, -0.15) is 0 Å². The van der Waals surface area contributed by atoms with E-state index in [-0.39, 0.29) is 10.8 Å². The average Bonchev–Trinajstić information content (AvgIpc) is 1.68. The normalized spacial score (nSPS) is 13.3. The van der Waals surface area contributed by atoms with Gasteiger partial charge in [-0.15, -0.1) is 0 Å². The van der Waals surface area contributed by atoms with Gasteiger partial charge in [-0.1, -0.05) is 60.7 Å². The second-order valence-corrected chi connectivity index (χ2v) is 25.2. The SMILES string of the molecule is Cc1ccnc(-n2c3[c-]c(Oc4[c-]c(-n5[c](=[Pt])n(-c6c(-c7ccccc7)cccc6-c6cc(C(C)(C)C)cc(C(C)(C)C)c6)c6ccccc65)ccc4)ccc3c3cc4c(cc32)C2(c3ccccc3Oc3ccccc32)c2ccccc2-4)c1. The number of hydrogen-bond donors (Lipinski definition) is 0. The van der Waals surface area contributed by atoms with Gasteiger partial charge in [-0.3, -0.25) is 0 Å². The number of imidazole rings is 1. The van der Waals surface area contributed by atoms with Crippen LogP contribution < -0.4 is 9.47 Å². The smallest absolute Gasteiger partial charge is 0.457 e. The van der Waals surface area contributed by atoms with Gasteiger partial charge < -0.3 is 4.74 Å². The van der Waals surface area contributed by atoms with Crippen LogP contribution in [0.4, 0.5) is 0 Å². The molecule has 15 rings (SSSR count). The number of fused-ring (bicyclic) bond motifs is 13. The summed E-state index contributed by atoms with van der Waals surface area (Å²) in [5.74, 6) is 3.67. The molecular formula is C76H58N4O2Pt-2. The van der Waals surface area contributed by atoms with Crippen molar-refractivity contribution in [2.75, 3.05) is 0 Å². The van der Waals surface area contributed by atoms with E-state index in [9.17, 15) is 0 Å². The van der Waals surface area contributed by atoms with Crippen molar-refractivity contribution in [3.05, 3.63) is 279 Å². The van der Waals surface area contributed by atoms with Crippen LogP contribution in [-0.4, -0.2) is 18.7 Å². The molecule has 3 aromatic heterocycles. The fourth-order valence-electron chi connectivity index (χ4n) is 13.0. The molecule has 13 aromatic rings. The number of hydrogen-bond acceptors (Lipinski definition) is 3. The van der Waals surface area contributed by atoms with Crippen molar-refractivity contribution in [1.82, 2.24) is 18.7 Å². The van der Waals surface area contributed by atoms with E-state index in [1.54, 1.807) is 0 Å². The molecule has 406 valence electrons. The summed E-state index contributed by atoms with van der Waals surface area (Å²) in [5.41, 5.74) is 20.7. The Morgan fingerprint density at radius 2 is 1.07 bits per heavy atom. The third kappa shape index (κ3) is 8.01. The molecule has 0 unspecified atom stereocenters. The van der Waals surface area contributed by atoms with Crippen molar-refractivity contribution in [2.24, 2.45) is 0 Å². The third-order valence-electron chi connectivity index (χ3n) is 17.0. The van der Waals surface area contributed by atoms with Crippen molar-refractivity contribution in [1.29, 1.82) is 0 Å². The van der Waals surface area contributed by atoms with Crippen LogP contribution in [0.1, 0.15) is 80.5 Å². The molecule has 0 fully saturated rings. The summed E-state index contributed by atoms with van der Waals surface area (Å²) < 4.78 is 21.6. The molecular weight excluding hydrogens is 1200 g/mol. The molecule has 10 aromatic carbocycles. The van der Waals surface area contributed by atoms with Crippen LogP contribution in [0, 0.1) is 22.9 Å². The summed E-state index contributed by atoms with van der Waals surface area (Å²) in [6, 6.07) is 86.2. The number of aromatic nitrogens is 4. The summed E-state index contributed by atoms with van der Waals surface area (Å²) >= 11 is 2.52. The number of para-hydroxylation sites is 5. The van der Waals surface area contributed by atoms with Gasteiger partial charge in [0.15, 0.2) is 0 Å². The molecule has 0 radical (unpaired) electrons. The minimum atomic E-state index is -0.629. The van der Waals surface area contributed by atoms with Gasteiger partial charge >= 0.3 is 346 Å². The van der Waals surface area contributed by atoms with E-state index in [4.69, 9.17) is 14.5 Å². The van der Waals surface area contributed by atoms with Gasteiger partial charge in [0, 0.05) is 17.3 Å². The second-order valence-electron chi connectivity index (χ2n) is 24.2. The maximum atomic E-state index is 6.95. The Morgan fingerprint density at radius 1 is 0.470 bits per heavy atom. The third-order valence-corrected chi connectivity index (χ3v) is 18.0. The quantitative estimate of drug-likeness (QED) is 0.149. The van der Waals surface area contributed by atoms with Crippen LogP contribution in [-0.2, 0) is 35.6 Å². The minimum absolute atomic E-state index is 0.0572. The van der Waals surface area contributed by atoms with E-state index in [0.29, 0.717) is 11.5 Å². The summed E-state index contributed by atoms with van der Waals surface area (Å²) in [4.78, 5) is 5.05. The molecule has 1 aliphatic heterocycles. The van der Waals surface area contributed by atoms with Gasteiger partial charge in [0.2, 0.25) is 0 Å². The Kier molecular flexibility index (Phi) is 11.6. The number of benzene rings is 10. The van der Waals surface area contributed by atoms with Gasteiger partial charge in [0.1, 0.15) is 11.5 Å². The van der Waals surface area contributed by atoms with E-state index in [0.717, 1.165) is 98.7 Å². The van der Waals surface area contributed by atoms with Crippen molar-refractivity contribution < 1.29 is 28.8 Å². The zero-order valence-corrected chi connectivity index (χ0v) is 49.6. The minimum Gasteiger partial charge on any atom is -0.457 e.